The first kappa shape index (κ1) is 11.9. The Bertz CT molecular complexity index is 563. The van der Waals surface area contributed by atoms with Crippen molar-refractivity contribution >= 4 is 27.7 Å². The van der Waals surface area contributed by atoms with Crippen molar-refractivity contribution in [3.63, 3.8) is 0 Å². The molecule has 2 rings (SSSR count). The fourth-order valence-electron chi connectivity index (χ4n) is 1.46. The second-order valence-corrected chi connectivity index (χ2v) is 4.55. The summed E-state index contributed by atoms with van der Waals surface area (Å²) in [5.74, 6) is 0.145. The molecule has 1 heterocycles. The number of anilines is 1. The summed E-state index contributed by atoms with van der Waals surface area (Å²) in [7, 11) is 0. The highest BCUT2D eigenvalue weighted by atomic mass is 79.9. The van der Waals surface area contributed by atoms with Crippen LogP contribution in [0.5, 0.6) is 0 Å². The number of nitrogens with one attached hydrogen (secondary N) is 1. The van der Waals surface area contributed by atoms with E-state index >= 15 is 0 Å². The molecule has 0 fully saturated rings. The summed E-state index contributed by atoms with van der Waals surface area (Å²) in [4.78, 5) is 12.0. The second kappa shape index (κ2) is 4.71. The molecule has 1 amide bonds. The van der Waals surface area contributed by atoms with Crippen molar-refractivity contribution in [1.82, 2.24) is 5.16 Å². The Morgan fingerprint density at radius 1 is 1.41 bits per heavy atom. The van der Waals surface area contributed by atoms with Crippen LogP contribution < -0.4 is 5.32 Å². The van der Waals surface area contributed by atoms with Crippen LogP contribution in [-0.4, -0.2) is 11.1 Å². The van der Waals surface area contributed by atoms with Crippen LogP contribution in [0.3, 0.4) is 0 Å². The summed E-state index contributed by atoms with van der Waals surface area (Å²) >= 11 is 3.39. The van der Waals surface area contributed by atoms with Crippen molar-refractivity contribution in [2.45, 2.75) is 13.8 Å². The van der Waals surface area contributed by atoms with E-state index in [0.717, 1.165) is 15.7 Å². The molecule has 0 unspecified atom stereocenters. The number of carbonyl (C=O) groups excluding carboxylic acids is 1. The van der Waals surface area contributed by atoms with Gasteiger partial charge in [-0.1, -0.05) is 27.2 Å². The number of rotatable bonds is 2. The fraction of sp³-hybridized carbons (Fsp3) is 0.167. The van der Waals surface area contributed by atoms with Gasteiger partial charge in [-0.2, -0.15) is 0 Å². The van der Waals surface area contributed by atoms with E-state index in [9.17, 15) is 4.79 Å². The van der Waals surface area contributed by atoms with Gasteiger partial charge in [-0.25, -0.2) is 0 Å². The summed E-state index contributed by atoms with van der Waals surface area (Å²) in [6.45, 7) is 3.67. The third-order valence-corrected chi connectivity index (χ3v) is 3.24. The molecular weight excluding hydrogens is 284 g/mol. The van der Waals surface area contributed by atoms with Crippen LogP contribution in [0.4, 0.5) is 5.88 Å². The van der Waals surface area contributed by atoms with Crippen molar-refractivity contribution in [2.75, 3.05) is 5.32 Å². The van der Waals surface area contributed by atoms with E-state index in [1.807, 2.05) is 19.1 Å². The molecule has 0 aliphatic heterocycles. The van der Waals surface area contributed by atoms with E-state index in [2.05, 4.69) is 26.4 Å². The highest BCUT2D eigenvalue weighted by Gasteiger charge is 2.12. The Morgan fingerprint density at radius 3 is 2.82 bits per heavy atom. The van der Waals surface area contributed by atoms with Crippen molar-refractivity contribution in [3.8, 4) is 0 Å². The maximum absolute atomic E-state index is 12.0. The van der Waals surface area contributed by atoms with Gasteiger partial charge in [0.15, 0.2) is 0 Å². The predicted molar refractivity (Wildman–Crippen MR) is 68.1 cm³/mol. The Balaban J connectivity index is 2.23. The van der Waals surface area contributed by atoms with Crippen LogP contribution in [0.1, 0.15) is 21.6 Å². The molecule has 0 aliphatic rings. The summed E-state index contributed by atoms with van der Waals surface area (Å²) in [5, 5.41) is 6.36. The Kier molecular flexibility index (Phi) is 3.28. The summed E-state index contributed by atoms with van der Waals surface area (Å²) in [6, 6.07) is 7.15. The standard InChI is InChI=1S/C12H11BrN2O2/c1-7-6-11(17-15-7)14-12(16)9-4-3-5-10(13)8(9)2/h3-6H,1-2H3,(H,14,16). The number of hydrogen-bond acceptors (Lipinski definition) is 3. The average Bonchev–Trinajstić information content (AvgIpc) is 2.68. The molecule has 0 saturated heterocycles. The van der Waals surface area contributed by atoms with E-state index in [-0.39, 0.29) is 5.91 Å². The molecule has 1 aromatic heterocycles. The molecule has 1 N–H and O–H groups in total. The van der Waals surface area contributed by atoms with Gasteiger partial charge in [0.1, 0.15) is 0 Å². The first-order valence-corrected chi connectivity index (χ1v) is 5.87. The summed E-state index contributed by atoms with van der Waals surface area (Å²) in [5.41, 5.74) is 2.22. The zero-order valence-corrected chi connectivity index (χ0v) is 11.0. The monoisotopic (exact) mass is 294 g/mol. The van der Waals surface area contributed by atoms with Crippen molar-refractivity contribution in [2.24, 2.45) is 0 Å². The number of aryl methyl sites for hydroxylation is 1. The number of hydrogen-bond donors (Lipinski definition) is 1. The molecule has 0 atom stereocenters. The molecule has 1 aromatic carbocycles. The molecule has 0 aliphatic carbocycles. The summed E-state index contributed by atoms with van der Waals surface area (Å²) in [6.07, 6.45) is 0. The predicted octanol–water partition coefficient (Wildman–Crippen LogP) is 3.31. The Morgan fingerprint density at radius 2 is 2.18 bits per heavy atom. The van der Waals surface area contributed by atoms with Gasteiger partial charge in [0, 0.05) is 16.1 Å². The third kappa shape index (κ3) is 2.55. The van der Waals surface area contributed by atoms with Gasteiger partial charge < -0.3 is 4.52 Å². The topological polar surface area (TPSA) is 55.1 Å². The largest absolute Gasteiger partial charge is 0.338 e. The Hall–Kier alpha value is -1.62. The maximum atomic E-state index is 12.0. The van der Waals surface area contributed by atoms with Crippen molar-refractivity contribution in [1.29, 1.82) is 0 Å². The van der Waals surface area contributed by atoms with Gasteiger partial charge >= 0.3 is 0 Å². The molecule has 88 valence electrons. The highest BCUT2D eigenvalue weighted by molar-refractivity contribution is 9.10. The molecule has 0 radical (unpaired) electrons. The minimum atomic E-state index is -0.208. The van der Waals surface area contributed by atoms with Gasteiger partial charge in [0.2, 0.25) is 5.88 Å². The van der Waals surface area contributed by atoms with E-state index < -0.39 is 0 Å². The van der Waals surface area contributed by atoms with Gasteiger partial charge in [0.05, 0.1) is 5.69 Å². The normalized spacial score (nSPS) is 10.3. The van der Waals surface area contributed by atoms with Gasteiger partial charge in [-0.3, -0.25) is 10.1 Å². The molecule has 2 aromatic rings. The third-order valence-electron chi connectivity index (χ3n) is 2.38. The maximum Gasteiger partial charge on any atom is 0.258 e. The number of carbonyl (C=O) groups is 1. The van der Waals surface area contributed by atoms with Crippen LogP contribution in [0.2, 0.25) is 0 Å². The van der Waals surface area contributed by atoms with Crippen LogP contribution in [0.25, 0.3) is 0 Å². The Labute approximate surface area is 107 Å². The number of amides is 1. The van der Waals surface area contributed by atoms with Gasteiger partial charge in [0.25, 0.3) is 5.91 Å². The zero-order chi connectivity index (χ0) is 12.4. The first-order valence-electron chi connectivity index (χ1n) is 5.07. The van der Waals surface area contributed by atoms with Crippen LogP contribution in [0.15, 0.2) is 33.3 Å². The first-order chi connectivity index (χ1) is 8.08. The van der Waals surface area contributed by atoms with Crippen molar-refractivity contribution in [3.05, 3.63) is 45.6 Å². The lowest BCUT2D eigenvalue weighted by atomic mass is 10.1. The number of halogens is 1. The minimum Gasteiger partial charge on any atom is -0.338 e. The van der Waals surface area contributed by atoms with Gasteiger partial charge in [-0.05, 0) is 31.5 Å². The van der Waals surface area contributed by atoms with E-state index in [1.165, 1.54) is 0 Å². The lowest BCUT2D eigenvalue weighted by Crippen LogP contribution is -2.13. The molecule has 5 heteroatoms. The SMILES string of the molecule is Cc1cc(NC(=O)c2cccc(Br)c2C)on1. The van der Waals surface area contributed by atoms with Crippen molar-refractivity contribution < 1.29 is 9.32 Å². The number of nitrogens with zero attached hydrogens (tertiary/aromatic N) is 1. The average molecular weight is 295 g/mol. The molecule has 0 bridgehead atoms. The summed E-state index contributed by atoms with van der Waals surface area (Å²) < 4.78 is 5.83. The zero-order valence-electron chi connectivity index (χ0n) is 9.45. The minimum absolute atomic E-state index is 0.208. The molecule has 0 spiro atoms. The molecule has 0 saturated carbocycles. The van der Waals surface area contributed by atoms with E-state index in [4.69, 9.17) is 4.52 Å². The van der Waals surface area contributed by atoms with E-state index in [1.54, 1.807) is 19.1 Å². The van der Waals surface area contributed by atoms with Crippen LogP contribution in [0, 0.1) is 13.8 Å². The van der Waals surface area contributed by atoms with Crippen LogP contribution in [-0.2, 0) is 0 Å². The van der Waals surface area contributed by atoms with E-state index in [0.29, 0.717) is 11.4 Å². The highest BCUT2D eigenvalue weighted by Crippen LogP contribution is 2.20. The molecule has 17 heavy (non-hydrogen) atoms. The lowest BCUT2D eigenvalue weighted by Gasteiger charge is -2.06. The molecule has 4 nitrogen and oxygen atoms in total. The fourth-order valence-corrected chi connectivity index (χ4v) is 1.82. The molecular formula is C12H11BrN2O2. The van der Waals surface area contributed by atoms with Crippen LogP contribution >= 0.6 is 15.9 Å². The lowest BCUT2D eigenvalue weighted by molar-refractivity contribution is 0.102. The quantitative estimate of drug-likeness (QED) is 0.924. The van der Waals surface area contributed by atoms with Gasteiger partial charge in [-0.15, -0.1) is 0 Å². The number of benzene rings is 1. The number of aromatic nitrogens is 1. The second-order valence-electron chi connectivity index (χ2n) is 3.70. The smallest absolute Gasteiger partial charge is 0.258 e.